The molecule has 0 aliphatic carbocycles. The van der Waals surface area contributed by atoms with Crippen molar-refractivity contribution in [2.24, 2.45) is 0 Å². The van der Waals surface area contributed by atoms with Gasteiger partial charge in [0.2, 0.25) is 0 Å². The van der Waals surface area contributed by atoms with Gasteiger partial charge in [0, 0.05) is 18.3 Å². The van der Waals surface area contributed by atoms with Crippen molar-refractivity contribution in [2.75, 3.05) is 7.11 Å². The average molecular weight is 226 g/mol. The highest BCUT2D eigenvalue weighted by atomic mass is 16.5. The third kappa shape index (κ3) is 2.73. The summed E-state index contributed by atoms with van der Waals surface area (Å²) >= 11 is 0. The number of methoxy groups -OCH3 is 1. The Balaban J connectivity index is 2.22. The lowest BCUT2D eigenvalue weighted by Crippen LogP contribution is -1.88. The molecule has 1 aromatic heterocycles. The number of benzene rings is 1. The van der Waals surface area contributed by atoms with E-state index in [0.717, 1.165) is 5.75 Å². The Morgan fingerprint density at radius 3 is 2.65 bits per heavy atom. The fraction of sp³-hybridized carbons (Fsp3) is 0.0769. The van der Waals surface area contributed by atoms with E-state index in [1.807, 2.05) is 24.3 Å². The van der Waals surface area contributed by atoms with E-state index < -0.39 is 0 Å². The fourth-order valence-electron chi connectivity index (χ4n) is 1.34. The number of rotatable bonds is 3. The van der Waals surface area contributed by atoms with Crippen LogP contribution in [0.25, 0.3) is 0 Å². The highest BCUT2D eigenvalue weighted by molar-refractivity contribution is 5.38. The van der Waals surface area contributed by atoms with Crippen LogP contribution in [-0.2, 0) is 0 Å². The predicted molar refractivity (Wildman–Crippen MR) is 62.0 cm³/mol. The largest absolute Gasteiger partial charge is 0.497 e. The van der Waals surface area contributed by atoms with E-state index in [9.17, 15) is 0 Å². The Kier molecular flexibility index (Phi) is 3.22. The Hall–Kier alpha value is -2.54. The molecular formula is C13H10N2O2. The summed E-state index contributed by atoms with van der Waals surface area (Å²) in [6.45, 7) is 0. The van der Waals surface area contributed by atoms with Crippen molar-refractivity contribution < 1.29 is 9.47 Å². The van der Waals surface area contributed by atoms with Crippen molar-refractivity contribution in [1.29, 1.82) is 5.26 Å². The van der Waals surface area contributed by atoms with Crippen molar-refractivity contribution in [3.63, 3.8) is 0 Å². The third-order valence-corrected chi connectivity index (χ3v) is 2.12. The Labute approximate surface area is 99.1 Å². The van der Waals surface area contributed by atoms with Gasteiger partial charge in [0.1, 0.15) is 29.0 Å². The quantitative estimate of drug-likeness (QED) is 0.807. The lowest BCUT2D eigenvalue weighted by Gasteiger charge is -2.06. The minimum atomic E-state index is 0.324. The first kappa shape index (κ1) is 11.0. The molecule has 0 atom stereocenters. The number of pyridine rings is 1. The van der Waals surface area contributed by atoms with Crippen molar-refractivity contribution in [1.82, 2.24) is 4.98 Å². The summed E-state index contributed by atoms with van der Waals surface area (Å²) < 4.78 is 10.7. The molecule has 0 amide bonds. The van der Waals surface area contributed by atoms with E-state index in [1.165, 1.54) is 6.20 Å². The maximum absolute atomic E-state index is 8.72. The number of hydrogen-bond acceptors (Lipinski definition) is 4. The second kappa shape index (κ2) is 4.99. The molecule has 0 saturated heterocycles. The van der Waals surface area contributed by atoms with Gasteiger partial charge in [0.25, 0.3) is 0 Å². The molecule has 0 saturated carbocycles. The van der Waals surface area contributed by atoms with E-state index in [2.05, 4.69) is 4.98 Å². The minimum absolute atomic E-state index is 0.324. The molecule has 0 spiro atoms. The van der Waals surface area contributed by atoms with Crippen LogP contribution in [0.3, 0.4) is 0 Å². The first-order chi connectivity index (χ1) is 8.31. The smallest absolute Gasteiger partial charge is 0.144 e. The molecule has 2 aromatic rings. The normalized spacial score (nSPS) is 9.41. The van der Waals surface area contributed by atoms with Gasteiger partial charge in [-0.2, -0.15) is 5.26 Å². The Morgan fingerprint density at radius 2 is 1.88 bits per heavy atom. The Morgan fingerprint density at radius 1 is 1.12 bits per heavy atom. The third-order valence-electron chi connectivity index (χ3n) is 2.12. The summed E-state index contributed by atoms with van der Waals surface area (Å²) in [7, 11) is 1.60. The molecule has 0 N–H and O–H groups in total. The monoisotopic (exact) mass is 226 g/mol. The second-order valence-electron chi connectivity index (χ2n) is 3.27. The second-order valence-corrected chi connectivity index (χ2v) is 3.27. The highest BCUT2D eigenvalue weighted by Crippen LogP contribution is 2.24. The van der Waals surface area contributed by atoms with Gasteiger partial charge in [0.05, 0.1) is 7.11 Å². The van der Waals surface area contributed by atoms with Gasteiger partial charge in [-0.15, -0.1) is 0 Å². The molecule has 0 aliphatic heterocycles. The summed E-state index contributed by atoms with van der Waals surface area (Å²) in [5.41, 5.74) is 0.324. The number of ether oxygens (including phenoxy) is 2. The molecule has 0 unspecified atom stereocenters. The summed E-state index contributed by atoms with van der Waals surface area (Å²) in [6.07, 6.45) is 1.54. The molecule has 2 rings (SSSR count). The topological polar surface area (TPSA) is 55.1 Å². The van der Waals surface area contributed by atoms with Crippen molar-refractivity contribution in [3.8, 4) is 23.3 Å². The molecular weight excluding hydrogens is 216 g/mol. The lowest BCUT2D eigenvalue weighted by molar-refractivity contribution is 0.409. The summed E-state index contributed by atoms with van der Waals surface area (Å²) in [4.78, 5) is 3.87. The minimum Gasteiger partial charge on any atom is -0.497 e. The van der Waals surface area contributed by atoms with Crippen LogP contribution in [0.15, 0.2) is 42.6 Å². The SMILES string of the molecule is COc1cccc(Oc2ccnc(C#N)c2)c1. The van der Waals surface area contributed by atoms with Gasteiger partial charge >= 0.3 is 0 Å². The van der Waals surface area contributed by atoms with Crippen LogP contribution in [-0.4, -0.2) is 12.1 Å². The van der Waals surface area contributed by atoms with Crippen LogP contribution < -0.4 is 9.47 Å². The van der Waals surface area contributed by atoms with E-state index in [0.29, 0.717) is 17.2 Å². The van der Waals surface area contributed by atoms with Gasteiger partial charge in [-0.1, -0.05) is 6.07 Å². The number of nitrogens with zero attached hydrogens (tertiary/aromatic N) is 2. The number of hydrogen-bond donors (Lipinski definition) is 0. The van der Waals surface area contributed by atoms with Gasteiger partial charge in [0.15, 0.2) is 0 Å². The van der Waals surface area contributed by atoms with Gasteiger partial charge < -0.3 is 9.47 Å². The molecule has 0 bridgehead atoms. The van der Waals surface area contributed by atoms with E-state index >= 15 is 0 Å². The molecule has 0 aliphatic rings. The van der Waals surface area contributed by atoms with Crippen LogP contribution in [0.1, 0.15) is 5.69 Å². The maximum atomic E-state index is 8.72. The standard InChI is InChI=1S/C13H10N2O2/c1-16-11-3-2-4-12(8-11)17-13-5-6-15-10(7-13)9-14/h2-8H,1H3. The molecule has 0 radical (unpaired) electrons. The molecule has 1 heterocycles. The van der Waals surface area contributed by atoms with Crippen LogP contribution in [0.2, 0.25) is 0 Å². The van der Waals surface area contributed by atoms with E-state index in [1.54, 1.807) is 25.3 Å². The maximum Gasteiger partial charge on any atom is 0.144 e. The summed E-state index contributed by atoms with van der Waals surface area (Å²) in [5, 5.41) is 8.72. The molecule has 0 fully saturated rings. The van der Waals surface area contributed by atoms with Crippen LogP contribution in [0.5, 0.6) is 17.2 Å². The van der Waals surface area contributed by atoms with Gasteiger partial charge in [-0.3, -0.25) is 0 Å². The fourth-order valence-corrected chi connectivity index (χ4v) is 1.34. The van der Waals surface area contributed by atoms with Gasteiger partial charge in [-0.25, -0.2) is 4.98 Å². The van der Waals surface area contributed by atoms with E-state index in [4.69, 9.17) is 14.7 Å². The molecule has 4 nitrogen and oxygen atoms in total. The molecule has 84 valence electrons. The zero-order valence-corrected chi connectivity index (χ0v) is 9.25. The zero-order chi connectivity index (χ0) is 12.1. The van der Waals surface area contributed by atoms with Crippen molar-refractivity contribution >= 4 is 0 Å². The summed E-state index contributed by atoms with van der Waals surface area (Å²) in [5.74, 6) is 1.95. The van der Waals surface area contributed by atoms with E-state index in [-0.39, 0.29) is 0 Å². The highest BCUT2D eigenvalue weighted by Gasteiger charge is 2.00. The molecule has 1 aromatic carbocycles. The average Bonchev–Trinajstić information content (AvgIpc) is 2.39. The summed E-state index contributed by atoms with van der Waals surface area (Å²) in [6, 6.07) is 12.5. The lowest BCUT2D eigenvalue weighted by atomic mass is 10.3. The first-order valence-corrected chi connectivity index (χ1v) is 5.00. The predicted octanol–water partition coefficient (Wildman–Crippen LogP) is 2.75. The Bertz CT molecular complexity index is 561. The zero-order valence-electron chi connectivity index (χ0n) is 9.25. The number of nitriles is 1. The number of aromatic nitrogens is 1. The van der Waals surface area contributed by atoms with Crippen LogP contribution in [0.4, 0.5) is 0 Å². The first-order valence-electron chi connectivity index (χ1n) is 5.00. The van der Waals surface area contributed by atoms with Crippen molar-refractivity contribution in [3.05, 3.63) is 48.3 Å². The molecule has 4 heteroatoms. The molecule has 17 heavy (non-hydrogen) atoms. The van der Waals surface area contributed by atoms with Crippen LogP contribution >= 0.6 is 0 Å². The van der Waals surface area contributed by atoms with Crippen molar-refractivity contribution in [2.45, 2.75) is 0 Å². The van der Waals surface area contributed by atoms with Crippen LogP contribution in [0, 0.1) is 11.3 Å². The van der Waals surface area contributed by atoms with Gasteiger partial charge in [-0.05, 0) is 18.2 Å².